The van der Waals surface area contributed by atoms with Crippen LogP contribution in [0.1, 0.15) is 64.2 Å². The minimum absolute atomic E-state index is 0.706. The Balaban J connectivity index is 2.03. The highest BCUT2D eigenvalue weighted by atomic mass is 35.5. The van der Waals surface area contributed by atoms with Gasteiger partial charge in [-0.25, -0.2) is 0 Å². The van der Waals surface area contributed by atoms with Gasteiger partial charge in [-0.2, -0.15) is 0 Å². The summed E-state index contributed by atoms with van der Waals surface area (Å²) in [5, 5.41) is 1.12. The summed E-state index contributed by atoms with van der Waals surface area (Å²) in [6.45, 7) is 0. The van der Waals surface area contributed by atoms with E-state index in [-0.39, 0.29) is 0 Å². The molecule has 0 radical (unpaired) electrons. The summed E-state index contributed by atoms with van der Waals surface area (Å²) in [6, 6.07) is 0. The van der Waals surface area contributed by atoms with E-state index in [0.29, 0.717) is 5.92 Å². The summed E-state index contributed by atoms with van der Waals surface area (Å²) in [6.07, 6.45) is 20.6. The van der Waals surface area contributed by atoms with Gasteiger partial charge < -0.3 is 0 Å². The van der Waals surface area contributed by atoms with Crippen molar-refractivity contribution < 1.29 is 0 Å². The first-order valence-corrected chi connectivity index (χ1v) is 7.77. The van der Waals surface area contributed by atoms with Crippen LogP contribution in [0.2, 0.25) is 0 Å². The van der Waals surface area contributed by atoms with E-state index < -0.39 is 0 Å². The fraction of sp³-hybridized carbons (Fsp3) is 0.750. The number of halogens is 1. The largest absolute Gasteiger partial charge is 0.0895 e. The Kier molecular flexibility index (Phi) is 5.64. The van der Waals surface area contributed by atoms with Crippen LogP contribution in [-0.4, -0.2) is 0 Å². The second-order valence-corrected chi connectivity index (χ2v) is 6.09. The van der Waals surface area contributed by atoms with Gasteiger partial charge in [-0.3, -0.25) is 0 Å². The lowest BCUT2D eigenvalue weighted by Gasteiger charge is -2.25. The van der Waals surface area contributed by atoms with Gasteiger partial charge in [0.15, 0.2) is 0 Å². The van der Waals surface area contributed by atoms with Crippen LogP contribution in [0.4, 0.5) is 0 Å². The van der Waals surface area contributed by atoms with Crippen LogP contribution in [0.3, 0.4) is 0 Å². The third kappa shape index (κ3) is 4.50. The average Bonchev–Trinajstić information content (AvgIpc) is 2.23. The van der Waals surface area contributed by atoms with Crippen molar-refractivity contribution in [3.8, 4) is 0 Å². The van der Waals surface area contributed by atoms with E-state index in [2.05, 4.69) is 18.2 Å². The highest BCUT2D eigenvalue weighted by molar-refractivity contribution is 6.29. The zero-order chi connectivity index (χ0) is 11.9. The van der Waals surface area contributed by atoms with Gasteiger partial charge in [0, 0.05) is 5.03 Å². The third-order valence-corrected chi connectivity index (χ3v) is 4.50. The maximum absolute atomic E-state index is 6.32. The van der Waals surface area contributed by atoms with E-state index >= 15 is 0 Å². The molecule has 2 aliphatic carbocycles. The van der Waals surface area contributed by atoms with Gasteiger partial charge in [0.2, 0.25) is 0 Å². The van der Waals surface area contributed by atoms with Gasteiger partial charge in [-0.15, -0.1) is 0 Å². The molecule has 96 valence electrons. The van der Waals surface area contributed by atoms with Gasteiger partial charge in [-0.05, 0) is 50.4 Å². The van der Waals surface area contributed by atoms with E-state index in [1.807, 2.05) is 0 Å². The Labute approximate surface area is 111 Å². The van der Waals surface area contributed by atoms with Crippen molar-refractivity contribution in [3.05, 3.63) is 23.3 Å². The van der Waals surface area contributed by atoms with Crippen molar-refractivity contribution in [3.63, 3.8) is 0 Å². The molecule has 0 nitrogen and oxygen atoms in total. The van der Waals surface area contributed by atoms with Crippen LogP contribution >= 0.6 is 11.6 Å². The molecule has 0 amide bonds. The van der Waals surface area contributed by atoms with E-state index in [9.17, 15) is 0 Å². The first-order valence-electron chi connectivity index (χ1n) is 7.39. The molecule has 1 heteroatoms. The summed E-state index contributed by atoms with van der Waals surface area (Å²) in [4.78, 5) is 0. The second kappa shape index (κ2) is 7.26. The summed E-state index contributed by atoms with van der Waals surface area (Å²) in [5.74, 6) is 1.46. The highest BCUT2D eigenvalue weighted by Gasteiger charge is 2.19. The van der Waals surface area contributed by atoms with E-state index in [1.54, 1.807) is 0 Å². The number of rotatable bonds is 1. The lowest BCUT2D eigenvalue weighted by atomic mass is 9.81. The molecule has 0 saturated carbocycles. The lowest BCUT2D eigenvalue weighted by molar-refractivity contribution is 0.378. The molecule has 2 atom stereocenters. The molecular formula is C16H25Cl. The topological polar surface area (TPSA) is 0 Å². The number of hydrogen-bond donors (Lipinski definition) is 0. The van der Waals surface area contributed by atoms with Crippen molar-refractivity contribution in [2.24, 2.45) is 11.8 Å². The highest BCUT2D eigenvalue weighted by Crippen LogP contribution is 2.32. The third-order valence-electron chi connectivity index (χ3n) is 4.19. The molecule has 0 aromatic rings. The maximum atomic E-state index is 6.32. The van der Waals surface area contributed by atoms with E-state index in [1.165, 1.54) is 57.8 Å². The minimum Gasteiger partial charge on any atom is -0.0895 e. The molecule has 0 saturated heterocycles. The molecule has 0 aliphatic heterocycles. The van der Waals surface area contributed by atoms with Crippen LogP contribution in [0, 0.1) is 11.8 Å². The molecule has 0 aromatic carbocycles. The van der Waals surface area contributed by atoms with Crippen molar-refractivity contribution in [2.75, 3.05) is 0 Å². The predicted octanol–water partition coefficient (Wildman–Crippen LogP) is 5.83. The molecule has 2 unspecified atom stereocenters. The van der Waals surface area contributed by atoms with Gasteiger partial charge in [0.05, 0.1) is 0 Å². The Hall–Kier alpha value is -0.230. The minimum atomic E-state index is 0.706. The second-order valence-electron chi connectivity index (χ2n) is 5.61. The Morgan fingerprint density at radius 3 is 2.53 bits per heavy atom. The molecule has 2 aliphatic rings. The standard InChI is InChI=1S/C16H25Cl/c17-16-12-8-4-7-11-15(13-16)14-9-5-2-1-3-6-10-14/h5,9,13-15H,1-4,6-8,10-12H2. The summed E-state index contributed by atoms with van der Waals surface area (Å²) < 4.78 is 0. The first kappa shape index (κ1) is 13.2. The van der Waals surface area contributed by atoms with Gasteiger partial charge in [0.1, 0.15) is 0 Å². The molecule has 2 rings (SSSR count). The quantitative estimate of drug-likeness (QED) is 0.516. The summed E-state index contributed by atoms with van der Waals surface area (Å²) in [5.41, 5.74) is 0. The fourth-order valence-corrected chi connectivity index (χ4v) is 3.43. The van der Waals surface area contributed by atoms with Gasteiger partial charge in [0.25, 0.3) is 0 Å². The molecule has 17 heavy (non-hydrogen) atoms. The van der Waals surface area contributed by atoms with E-state index in [0.717, 1.165) is 17.4 Å². The van der Waals surface area contributed by atoms with Crippen LogP contribution < -0.4 is 0 Å². The maximum Gasteiger partial charge on any atom is 0.0144 e. The van der Waals surface area contributed by atoms with Crippen LogP contribution in [-0.2, 0) is 0 Å². The zero-order valence-electron chi connectivity index (χ0n) is 10.8. The first-order chi connectivity index (χ1) is 8.36. The monoisotopic (exact) mass is 252 g/mol. The van der Waals surface area contributed by atoms with Crippen LogP contribution in [0.15, 0.2) is 23.3 Å². The Bertz CT molecular complexity index is 277. The van der Waals surface area contributed by atoms with Crippen molar-refractivity contribution in [1.29, 1.82) is 0 Å². The smallest absolute Gasteiger partial charge is 0.0144 e. The Morgan fingerprint density at radius 1 is 0.882 bits per heavy atom. The fourth-order valence-electron chi connectivity index (χ4n) is 3.13. The normalized spacial score (nSPS) is 31.9. The van der Waals surface area contributed by atoms with Gasteiger partial charge >= 0.3 is 0 Å². The molecule has 0 bridgehead atoms. The molecule has 0 aromatic heterocycles. The average molecular weight is 253 g/mol. The van der Waals surface area contributed by atoms with Crippen LogP contribution in [0.25, 0.3) is 0 Å². The van der Waals surface area contributed by atoms with Crippen molar-refractivity contribution in [2.45, 2.75) is 64.2 Å². The Morgan fingerprint density at radius 2 is 1.65 bits per heavy atom. The van der Waals surface area contributed by atoms with Crippen molar-refractivity contribution >= 4 is 11.6 Å². The van der Waals surface area contributed by atoms with Gasteiger partial charge in [-0.1, -0.05) is 55.5 Å². The number of allylic oxidation sites excluding steroid dienone is 4. The molecule has 0 heterocycles. The lowest BCUT2D eigenvalue weighted by Crippen LogP contribution is -2.13. The molecule has 0 fully saturated rings. The molecular weight excluding hydrogens is 228 g/mol. The van der Waals surface area contributed by atoms with Crippen LogP contribution in [0.5, 0.6) is 0 Å². The zero-order valence-corrected chi connectivity index (χ0v) is 11.6. The SMILES string of the molecule is ClC1=CC(C2C=CCCCCC2)CCCCC1. The van der Waals surface area contributed by atoms with Crippen molar-refractivity contribution in [1.82, 2.24) is 0 Å². The summed E-state index contributed by atoms with van der Waals surface area (Å²) >= 11 is 6.32. The predicted molar refractivity (Wildman–Crippen MR) is 76.2 cm³/mol. The number of hydrogen-bond acceptors (Lipinski definition) is 0. The van der Waals surface area contributed by atoms with E-state index in [4.69, 9.17) is 11.6 Å². The molecule has 0 N–H and O–H groups in total. The molecule has 0 spiro atoms. The summed E-state index contributed by atoms with van der Waals surface area (Å²) in [7, 11) is 0.